The molecule has 5 rings (SSSR count). The van der Waals surface area contributed by atoms with Crippen molar-refractivity contribution in [2.24, 2.45) is 0 Å². The maximum Gasteiger partial charge on any atom is 0.274 e. The maximum atomic E-state index is 12.6. The molecule has 0 bridgehead atoms. The van der Waals surface area contributed by atoms with Crippen molar-refractivity contribution in [1.82, 2.24) is 14.7 Å². The minimum Gasteiger partial charge on any atom is -0.368 e. The number of aryl methyl sites for hydroxylation is 1. The number of piperazine rings is 1. The highest BCUT2D eigenvalue weighted by Gasteiger charge is 2.18. The first-order chi connectivity index (χ1) is 14.8. The van der Waals surface area contributed by atoms with Crippen molar-refractivity contribution < 1.29 is 0 Å². The number of anilines is 1. The van der Waals surface area contributed by atoms with Crippen molar-refractivity contribution in [3.8, 4) is 0 Å². The van der Waals surface area contributed by atoms with E-state index in [1.165, 1.54) is 16.5 Å². The van der Waals surface area contributed by atoms with Gasteiger partial charge >= 0.3 is 0 Å². The van der Waals surface area contributed by atoms with E-state index in [2.05, 4.69) is 57.4 Å². The van der Waals surface area contributed by atoms with Crippen LogP contribution in [0.2, 0.25) is 0 Å². The van der Waals surface area contributed by atoms with Crippen molar-refractivity contribution in [3.05, 3.63) is 83.3 Å². The molecule has 0 radical (unpaired) electrons. The molecule has 0 N–H and O–H groups in total. The summed E-state index contributed by atoms with van der Waals surface area (Å²) >= 11 is 0. The van der Waals surface area contributed by atoms with E-state index in [0.717, 1.165) is 49.9 Å². The van der Waals surface area contributed by atoms with Gasteiger partial charge in [-0.05, 0) is 23.9 Å². The van der Waals surface area contributed by atoms with Gasteiger partial charge in [0.15, 0.2) is 0 Å². The van der Waals surface area contributed by atoms with Crippen LogP contribution in [0.5, 0.6) is 0 Å². The third kappa shape index (κ3) is 3.68. The first-order valence-corrected chi connectivity index (χ1v) is 10.7. The summed E-state index contributed by atoms with van der Waals surface area (Å²) in [6.07, 6.45) is 2.72. The molecule has 4 aromatic rings. The number of rotatable bonds is 5. The standard InChI is InChI=1S/C25H26N4O/c30-25-23-11-4-2-8-21(23)19-26-29(25)14-6-13-27-15-17-28(18-16-27)24-12-5-9-20-7-1-3-10-22(20)24/h1-5,7-12,19H,6,13-18H2. The van der Waals surface area contributed by atoms with Crippen LogP contribution >= 0.6 is 0 Å². The molecule has 2 heterocycles. The fraction of sp³-hybridized carbons (Fsp3) is 0.280. The van der Waals surface area contributed by atoms with E-state index in [-0.39, 0.29) is 5.56 Å². The van der Waals surface area contributed by atoms with Crippen LogP contribution in [0.1, 0.15) is 6.42 Å². The van der Waals surface area contributed by atoms with Crippen LogP contribution < -0.4 is 10.5 Å². The summed E-state index contributed by atoms with van der Waals surface area (Å²) < 4.78 is 1.61. The molecule has 5 nitrogen and oxygen atoms in total. The van der Waals surface area contributed by atoms with Gasteiger partial charge in [0.25, 0.3) is 5.56 Å². The Morgan fingerprint density at radius 1 is 0.733 bits per heavy atom. The molecule has 0 unspecified atom stereocenters. The predicted molar refractivity (Wildman–Crippen MR) is 123 cm³/mol. The van der Waals surface area contributed by atoms with Gasteiger partial charge in [-0.3, -0.25) is 9.69 Å². The molecule has 0 aliphatic carbocycles. The lowest BCUT2D eigenvalue weighted by atomic mass is 10.1. The highest BCUT2D eigenvalue weighted by Crippen LogP contribution is 2.27. The first kappa shape index (κ1) is 18.8. The lowest BCUT2D eigenvalue weighted by Crippen LogP contribution is -2.46. The summed E-state index contributed by atoms with van der Waals surface area (Å²) in [6.45, 7) is 5.80. The zero-order valence-corrected chi connectivity index (χ0v) is 17.1. The van der Waals surface area contributed by atoms with Gasteiger partial charge in [0.1, 0.15) is 0 Å². The van der Waals surface area contributed by atoms with E-state index in [1.807, 2.05) is 24.3 Å². The fourth-order valence-corrected chi connectivity index (χ4v) is 4.43. The molecule has 1 aromatic heterocycles. The van der Waals surface area contributed by atoms with Gasteiger partial charge in [0.05, 0.1) is 11.6 Å². The number of hydrogen-bond acceptors (Lipinski definition) is 4. The van der Waals surface area contributed by atoms with Crippen LogP contribution in [-0.2, 0) is 6.54 Å². The van der Waals surface area contributed by atoms with Crippen molar-refractivity contribution in [3.63, 3.8) is 0 Å². The quantitative estimate of drug-likeness (QED) is 0.513. The highest BCUT2D eigenvalue weighted by molar-refractivity contribution is 5.94. The van der Waals surface area contributed by atoms with Crippen LogP contribution in [0.25, 0.3) is 21.5 Å². The van der Waals surface area contributed by atoms with Crippen LogP contribution in [0.3, 0.4) is 0 Å². The zero-order chi connectivity index (χ0) is 20.3. The van der Waals surface area contributed by atoms with Gasteiger partial charge in [-0.25, -0.2) is 4.68 Å². The summed E-state index contributed by atoms with van der Waals surface area (Å²) in [5.74, 6) is 0. The smallest absolute Gasteiger partial charge is 0.274 e. The number of benzene rings is 3. The van der Waals surface area contributed by atoms with E-state index in [0.29, 0.717) is 6.54 Å². The van der Waals surface area contributed by atoms with E-state index < -0.39 is 0 Å². The van der Waals surface area contributed by atoms with Crippen LogP contribution in [0.4, 0.5) is 5.69 Å². The van der Waals surface area contributed by atoms with Gasteiger partial charge in [0, 0.05) is 55.7 Å². The third-order valence-corrected chi connectivity index (χ3v) is 6.09. The molecule has 0 spiro atoms. The predicted octanol–water partition coefficient (Wildman–Crippen LogP) is 3.76. The SMILES string of the molecule is O=c1c2ccccc2cnn1CCCN1CCN(c2cccc3ccccc23)CC1. The van der Waals surface area contributed by atoms with Crippen LogP contribution in [0, 0.1) is 0 Å². The van der Waals surface area contributed by atoms with E-state index in [4.69, 9.17) is 0 Å². The molecule has 0 saturated carbocycles. The van der Waals surface area contributed by atoms with Crippen molar-refractivity contribution in [1.29, 1.82) is 0 Å². The van der Waals surface area contributed by atoms with E-state index in [1.54, 1.807) is 10.9 Å². The molecular weight excluding hydrogens is 372 g/mol. The Morgan fingerprint density at radius 2 is 1.43 bits per heavy atom. The Hall–Kier alpha value is -3.18. The Bertz CT molecular complexity index is 1220. The van der Waals surface area contributed by atoms with Gasteiger partial charge < -0.3 is 4.90 Å². The van der Waals surface area contributed by atoms with E-state index in [9.17, 15) is 4.79 Å². The number of aromatic nitrogens is 2. The summed E-state index contributed by atoms with van der Waals surface area (Å²) in [4.78, 5) is 17.6. The fourth-order valence-electron chi connectivity index (χ4n) is 4.43. The van der Waals surface area contributed by atoms with Crippen LogP contribution in [-0.4, -0.2) is 47.4 Å². The number of hydrogen-bond donors (Lipinski definition) is 0. The molecule has 1 aliphatic heterocycles. The largest absolute Gasteiger partial charge is 0.368 e. The van der Waals surface area contributed by atoms with Gasteiger partial charge in [-0.1, -0.05) is 54.6 Å². The minimum atomic E-state index is 0.00822. The Balaban J connectivity index is 1.18. The molecule has 0 atom stereocenters. The molecule has 0 amide bonds. The van der Waals surface area contributed by atoms with E-state index >= 15 is 0 Å². The maximum absolute atomic E-state index is 12.6. The number of fused-ring (bicyclic) bond motifs is 2. The topological polar surface area (TPSA) is 41.4 Å². The second-order valence-corrected chi connectivity index (χ2v) is 7.94. The van der Waals surface area contributed by atoms with Crippen molar-refractivity contribution in [2.75, 3.05) is 37.6 Å². The van der Waals surface area contributed by atoms with Gasteiger partial charge in [-0.2, -0.15) is 5.10 Å². The molecule has 1 fully saturated rings. The normalized spacial score (nSPS) is 15.1. The lowest BCUT2D eigenvalue weighted by Gasteiger charge is -2.36. The van der Waals surface area contributed by atoms with Crippen LogP contribution in [0.15, 0.2) is 77.7 Å². The molecule has 3 aromatic carbocycles. The molecule has 30 heavy (non-hydrogen) atoms. The zero-order valence-electron chi connectivity index (χ0n) is 17.1. The Kier molecular flexibility index (Phi) is 5.20. The van der Waals surface area contributed by atoms with Crippen molar-refractivity contribution in [2.45, 2.75) is 13.0 Å². The number of nitrogens with zero attached hydrogens (tertiary/aromatic N) is 4. The minimum absolute atomic E-state index is 0.00822. The average Bonchev–Trinajstić information content (AvgIpc) is 2.81. The molecule has 1 aliphatic rings. The molecule has 152 valence electrons. The summed E-state index contributed by atoms with van der Waals surface area (Å²) in [5.41, 5.74) is 1.34. The molecular formula is C25H26N4O. The summed E-state index contributed by atoms with van der Waals surface area (Å²) in [7, 11) is 0. The summed E-state index contributed by atoms with van der Waals surface area (Å²) in [6, 6.07) is 22.8. The summed E-state index contributed by atoms with van der Waals surface area (Å²) in [5, 5.41) is 8.63. The van der Waals surface area contributed by atoms with Gasteiger partial charge in [-0.15, -0.1) is 0 Å². The molecule has 5 heteroatoms. The second kappa shape index (κ2) is 8.28. The third-order valence-electron chi connectivity index (χ3n) is 6.09. The Labute approximate surface area is 176 Å². The second-order valence-electron chi connectivity index (χ2n) is 7.94. The van der Waals surface area contributed by atoms with Crippen molar-refractivity contribution >= 4 is 27.2 Å². The first-order valence-electron chi connectivity index (χ1n) is 10.7. The Morgan fingerprint density at radius 3 is 2.27 bits per heavy atom. The lowest BCUT2D eigenvalue weighted by molar-refractivity contribution is 0.248. The van der Waals surface area contributed by atoms with Gasteiger partial charge in [0.2, 0.25) is 0 Å². The monoisotopic (exact) mass is 398 g/mol. The highest BCUT2D eigenvalue weighted by atomic mass is 16.1. The average molecular weight is 399 g/mol. The molecule has 1 saturated heterocycles.